The van der Waals surface area contributed by atoms with Gasteiger partial charge in [-0.15, -0.1) is 10.2 Å². The van der Waals surface area contributed by atoms with Crippen molar-refractivity contribution in [2.75, 3.05) is 5.32 Å². The van der Waals surface area contributed by atoms with Crippen molar-refractivity contribution in [2.24, 2.45) is 0 Å². The number of nitro groups is 1. The van der Waals surface area contributed by atoms with Crippen LogP contribution in [0, 0.1) is 10.1 Å². The van der Waals surface area contributed by atoms with E-state index in [9.17, 15) is 10.1 Å². The zero-order chi connectivity index (χ0) is 19.3. The maximum absolute atomic E-state index is 10.9. The molecule has 0 spiro atoms. The Bertz CT molecular complexity index is 1100. The van der Waals surface area contributed by atoms with Crippen LogP contribution in [0.5, 0.6) is 0 Å². The van der Waals surface area contributed by atoms with Gasteiger partial charge in [-0.1, -0.05) is 58.6 Å². The molecule has 0 atom stereocenters. The fraction of sp³-hybridized carbons (Fsp3) is 0.0588. The van der Waals surface area contributed by atoms with Crippen molar-refractivity contribution in [3.8, 4) is 11.4 Å². The number of nitrogens with one attached hydrogen (secondary N) is 1. The van der Waals surface area contributed by atoms with E-state index in [1.54, 1.807) is 12.1 Å². The number of para-hydroxylation sites is 1. The Hall–Kier alpha value is -3.31. The molecule has 140 valence electrons. The average Bonchev–Trinajstić information content (AvgIpc) is 3.37. The molecule has 0 saturated carbocycles. The molecule has 4 aromatic rings. The first kappa shape index (κ1) is 18.1. The van der Waals surface area contributed by atoms with Gasteiger partial charge in [0.1, 0.15) is 0 Å². The SMILES string of the molecule is O=[N+]([O-])c1cccc(-c2noc(CSc3nnc(Nc4ccccc4)s3)n2)c1. The molecule has 1 N–H and O–H groups in total. The van der Waals surface area contributed by atoms with Crippen LogP contribution in [0.1, 0.15) is 5.89 Å². The van der Waals surface area contributed by atoms with Gasteiger partial charge in [-0.25, -0.2) is 0 Å². The molecule has 0 bridgehead atoms. The summed E-state index contributed by atoms with van der Waals surface area (Å²) < 4.78 is 5.99. The Kier molecular flexibility index (Phi) is 5.26. The van der Waals surface area contributed by atoms with Crippen LogP contribution in [0.4, 0.5) is 16.5 Å². The van der Waals surface area contributed by atoms with Crippen LogP contribution in [0.3, 0.4) is 0 Å². The summed E-state index contributed by atoms with van der Waals surface area (Å²) in [5, 5.41) is 26.9. The second-order valence-electron chi connectivity index (χ2n) is 5.47. The lowest BCUT2D eigenvalue weighted by atomic mass is 10.2. The van der Waals surface area contributed by atoms with Gasteiger partial charge in [-0.2, -0.15) is 4.98 Å². The van der Waals surface area contributed by atoms with Gasteiger partial charge < -0.3 is 9.84 Å². The number of hydrogen-bond donors (Lipinski definition) is 1. The van der Waals surface area contributed by atoms with Crippen LogP contribution >= 0.6 is 23.1 Å². The number of non-ortho nitro benzene ring substituents is 1. The number of hydrogen-bond acceptors (Lipinski definition) is 10. The van der Waals surface area contributed by atoms with E-state index in [-0.39, 0.29) is 5.69 Å². The minimum absolute atomic E-state index is 0.0227. The Morgan fingerprint density at radius 1 is 1.14 bits per heavy atom. The lowest BCUT2D eigenvalue weighted by Gasteiger charge is -1.99. The fourth-order valence-corrected chi connectivity index (χ4v) is 3.89. The molecule has 0 amide bonds. The monoisotopic (exact) mass is 412 g/mol. The van der Waals surface area contributed by atoms with E-state index < -0.39 is 4.92 Å². The van der Waals surface area contributed by atoms with Crippen molar-refractivity contribution in [1.29, 1.82) is 0 Å². The highest BCUT2D eigenvalue weighted by Gasteiger charge is 2.14. The quantitative estimate of drug-likeness (QED) is 0.265. The maximum atomic E-state index is 10.9. The minimum atomic E-state index is -0.461. The van der Waals surface area contributed by atoms with Crippen molar-refractivity contribution < 1.29 is 9.45 Å². The van der Waals surface area contributed by atoms with Crippen molar-refractivity contribution in [3.63, 3.8) is 0 Å². The molecule has 9 nitrogen and oxygen atoms in total. The van der Waals surface area contributed by atoms with Crippen molar-refractivity contribution in [1.82, 2.24) is 20.3 Å². The summed E-state index contributed by atoms with van der Waals surface area (Å²) in [6.07, 6.45) is 0. The number of thioether (sulfide) groups is 1. The second-order valence-corrected chi connectivity index (χ2v) is 7.67. The summed E-state index contributed by atoms with van der Waals surface area (Å²) in [7, 11) is 0. The predicted molar refractivity (Wildman–Crippen MR) is 106 cm³/mol. The first-order chi connectivity index (χ1) is 13.7. The molecule has 0 fully saturated rings. The molecule has 0 saturated heterocycles. The third-order valence-electron chi connectivity index (χ3n) is 3.53. The molecule has 0 aliphatic heterocycles. The third-order valence-corrected chi connectivity index (χ3v) is 5.49. The summed E-state index contributed by atoms with van der Waals surface area (Å²) in [5.41, 5.74) is 1.44. The van der Waals surface area contributed by atoms with Crippen LogP contribution in [0.15, 0.2) is 63.5 Å². The zero-order valence-corrected chi connectivity index (χ0v) is 15.8. The second kappa shape index (κ2) is 8.15. The van der Waals surface area contributed by atoms with Gasteiger partial charge in [0.05, 0.1) is 10.7 Å². The standard InChI is InChI=1S/C17H12N6O3S2/c24-23(25)13-8-4-5-11(9-13)15-19-14(26-22-15)10-27-17-21-20-16(28-17)18-12-6-2-1-3-7-12/h1-9H,10H2,(H,18,20). The Morgan fingerprint density at radius 3 is 2.82 bits per heavy atom. The van der Waals surface area contributed by atoms with Crippen molar-refractivity contribution in [2.45, 2.75) is 10.1 Å². The lowest BCUT2D eigenvalue weighted by Crippen LogP contribution is -1.89. The first-order valence-electron chi connectivity index (χ1n) is 8.03. The number of nitrogens with zero attached hydrogens (tertiary/aromatic N) is 5. The summed E-state index contributed by atoms with van der Waals surface area (Å²) in [5.74, 6) is 1.13. The Morgan fingerprint density at radius 2 is 2.00 bits per heavy atom. The zero-order valence-electron chi connectivity index (χ0n) is 14.2. The average molecular weight is 412 g/mol. The molecule has 2 aromatic heterocycles. The summed E-state index contributed by atoms with van der Waals surface area (Å²) in [4.78, 5) is 14.7. The van der Waals surface area contributed by atoms with E-state index in [2.05, 4.69) is 25.7 Å². The predicted octanol–water partition coefficient (Wildman–Crippen LogP) is 4.53. The normalized spacial score (nSPS) is 10.7. The highest BCUT2D eigenvalue weighted by atomic mass is 32.2. The molecular formula is C17H12N6O3S2. The van der Waals surface area contributed by atoms with E-state index in [0.717, 1.165) is 10.0 Å². The van der Waals surface area contributed by atoms with Gasteiger partial charge in [0.25, 0.3) is 5.69 Å². The number of anilines is 2. The highest BCUT2D eigenvalue weighted by molar-refractivity contribution is 8.00. The molecule has 0 aliphatic carbocycles. The highest BCUT2D eigenvalue weighted by Crippen LogP contribution is 2.30. The van der Waals surface area contributed by atoms with Crippen molar-refractivity contribution in [3.05, 3.63) is 70.6 Å². The van der Waals surface area contributed by atoms with Gasteiger partial charge in [0.2, 0.25) is 16.8 Å². The van der Waals surface area contributed by atoms with Crippen molar-refractivity contribution >= 4 is 39.6 Å². The summed E-state index contributed by atoms with van der Waals surface area (Å²) in [6, 6.07) is 15.8. The van der Waals surface area contributed by atoms with Crippen LogP contribution in [0.25, 0.3) is 11.4 Å². The molecular weight excluding hydrogens is 400 g/mol. The lowest BCUT2D eigenvalue weighted by molar-refractivity contribution is -0.384. The van der Waals surface area contributed by atoms with Gasteiger partial charge in [0, 0.05) is 23.4 Å². The third kappa shape index (κ3) is 4.32. The first-order valence-corrected chi connectivity index (χ1v) is 9.83. The van der Waals surface area contributed by atoms with E-state index in [1.165, 1.54) is 35.2 Å². The van der Waals surface area contributed by atoms with E-state index in [4.69, 9.17) is 4.52 Å². The van der Waals surface area contributed by atoms with Crippen LogP contribution < -0.4 is 5.32 Å². The molecule has 28 heavy (non-hydrogen) atoms. The number of nitro benzene ring substituents is 1. The molecule has 0 aliphatic rings. The summed E-state index contributed by atoms with van der Waals surface area (Å²) >= 11 is 2.84. The molecule has 0 radical (unpaired) electrons. The van der Waals surface area contributed by atoms with Gasteiger partial charge in [0.15, 0.2) is 4.34 Å². The van der Waals surface area contributed by atoms with Crippen LogP contribution in [-0.4, -0.2) is 25.3 Å². The van der Waals surface area contributed by atoms with Gasteiger partial charge in [-0.05, 0) is 12.1 Å². The number of aromatic nitrogens is 4. The van der Waals surface area contributed by atoms with E-state index in [1.807, 2.05) is 30.3 Å². The summed E-state index contributed by atoms with van der Waals surface area (Å²) in [6.45, 7) is 0. The topological polar surface area (TPSA) is 120 Å². The largest absolute Gasteiger partial charge is 0.338 e. The maximum Gasteiger partial charge on any atom is 0.270 e. The van der Waals surface area contributed by atoms with Gasteiger partial charge >= 0.3 is 0 Å². The molecule has 2 aromatic carbocycles. The van der Waals surface area contributed by atoms with Crippen LogP contribution in [-0.2, 0) is 5.75 Å². The fourth-order valence-electron chi connectivity index (χ4n) is 2.28. The molecule has 0 unspecified atom stereocenters. The molecule has 2 heterocycles. The van der Waals surface area contributed by atoms with E-state index in [0.29, 0.717) is 28.2 Å². The number of benzene rings is 2. The van der Waals surface area contributed by atoms with E-state index >= 15 is 0 Å². The molecule has 11 heteroatoms. The minimum Gasteiger partial charge on any atom is -0.338 e. The smallest absolute Gasteiger partial charge is 0.270 e. The number of rotatable bonds is 7. The van der Waals surface area contributed by atoms with Gasteiger partial charge in [-0.3, -0.25) is 10.1 Å². The Balaban J connectivity index is 1.39. The molecule has 4 rings (SSSR count). The Labute approximate surface area is 167 Å². The van der Waals surface area contributed by atoms with Crippen LogP contribution in [0.2, 0.25) is 0 Å².